The van der Waals surface area contributed by atoms with Gasteiger partial charge < -0.3 is 4.74 Å². The summed E-state index contributed by atoms with van der Waals surface area (Å²) in [6.45, 7) is 2.19. The van der Waals surface area contributed by atoms with Crippen LogP contribution < -0.4 is 0 Å². The molecule has 1 heteroatoms. The molecule has 2 aromatic carbocycles. The summed E-state index contributed by atoms with van der Waals surface area (Å²) >= 11 is 0. The van der Waals surface area contributed by atoms with Crippen molar-refractivity contribution >= 4 is 0 Å². The van der Waals surface area contributed by atoms with E-state index in [4.69, 9.17) is 4.74 Å². The smallest absolute Gasteiger partial charge is 0.112 e. The topological polar surface area (TPSA) is 12.5 Å². The Morgan fingerprint density at radius 2 is 1.53 bits per heavy atom. The summed E-state index contributed by atoms with van der Waals surface area (Å²) < 4.78 is 5.89. The van der Waals surface area contributed by atoms with Crippen molar-refractivity contribution in [2.24, 2.45) is 0 Å². The summed E-state index contributed by atoms with van der Waals surface area (Å²) in [5, 5.41) is 0. The Hall–Kier alpha value is -1.60. The summed E-state index contributed by atoms with van der Waals surface area (Å²) in [7, 11) is 0. The molecule has 2 atom stereocenters. The maximum atomic E-state index is 5.89. The van der Waals surface area contributed by atoms with Gasteiger partial charge in [0.15, 0.2) is 0 Å². The predicted molar refractivity (Wildman–Crippen MR) is 68.8 cm³/mol. The molecule has 2 unspecified atom stereocenters. The zero-order valence-corrected chi connectivity index (χ0v) is 9.97. The molecule has 0 aliphatic carbocycles. The van der Waals surface area contributed by atoms with Crippen molar-refractivity contribution in [2.45, 2.75) is 25.0 Å². The Morgan fingerprint density at radius 3 is 2.18 bits per heavy atom. The third kappa shape index (κ3) is 2.11. The molecule has 0 aromatic heterocycles. The largest absolute Gasteiger partial charge is 0.361 e. The number of rotatable bonds is 3. The van der Waals surface area contributed by atoms with Crippen molar-refractivity contribution in [1.29, 1.82) is 0 Å². The van der Waals surface area contributed by atoms with Gasteiger partial charge >= 0.3 is 0 Å². The number of benzene rings is 2. The Balaban J connectivity index is 1.74. The maximum Gasteiger partial charge on any atom is 0.112 e. The van der Waals surface area contributed by atoms with Crippen LogP contribution in [0.2, 0.25) is 0 Å². The molecule has 1 aliphatic rings. The van der Waals surface area contributed by atoms with Gasteiger partial charge in [-0.1, -0.05) is 60.7 Å². The molecule has 0 radical (unpaired) electrons. The van der Waals surface area contributed by atoms with E-state index in [2.05, 4.69) is 55.5 Å². The first-order valence-electron chi connectivity index (χ1n) is 6.05. The van der Waals surface area contributed by atoms with Crippen LogP contribution in [0.1, 0.15) is 24.2 Å². The van der Waals surface area contributed by atoms with Gasteiger partial charge in [-0.3, -0.25) is 0 Å². The van der Waals surface area contributed by atoms with Crippen LogP contribution in [0.15, 0.2) is 60.7 Å². The van der Waals surface area contributed by atoms with E-state index in [1.807, 2.05) is 12.1 Å². The van der Waals surface area contributed by atoms with Gasteiger partial charge in [0, 0.05) is 6.42 Å². The average Bonchev–Trinajstić information content (AvgIpc) is 3.03. The van der Waals surface area contributed by atoms with Crippen LogP contribution in [-0.2, 0) is 11.2 Å². The molecule has 0 bridgehead atoms. The fourth-order valence-electron chi connectivity index (χ4n) is 2.42. The Labute approximate surface area is 102 Å². The lowest BCUT2D eigenvalue weighted by Crippen LogP contribution is -2.10. The van der Waals surface area contributed by atoms with Crippen LogP contribution in [-0.4, -0.2) is 5.60 Å². The van der Waals surface area contributed by atoms with Gasteiger partial charge in [0.2, 0.25) is 0 Å². The van der Waals surface area contributed by atoms with Crippen molar-refractivity contribution in [2.75, 3.05) is 0 Å². The minimum Gasteiger partial charge on any atom is -0.361 e. The molecule has 1 nitrogen and oxygen atoms in total. The third-order valence-electron chi connectivity index (χ3n) is 3.38. The molecule has 0 N–H and O–H groups in total. The van der Waals surface area contributed by atoms with E-state index < -0.39 is 0 Å². The number of epoxide rings is 1. The zero-order valence-electron chi connectivity index (χ0n) is 9.97. The Kier molecular flexibility index (Phi) is 2.49. The summed E-state index contributed by atoms with van der Waals surface area (Å²) in [6.07, 6.45) is 1.23. The van der Waals surface area contributed by atoms with Gasteiger partial charge in [0.25, 0.3) is 0 Å². The molecule has 0 spiro atoms. The van der Waals surface area contributed by atoms with E-state index in [-0.39, 0.29) is 11.7 Å². The van der Waals surface area contributed by atoms with Gasteiger partial charge in [-0.15, -0.1) is 0 Å². The second-order valence-corrected chi connectivity index (χ2v) is 4.88. The fraction of sp³-hybridized carbons (Fsp3) is 0.250. The van der Waals surface area contributed by atoms with Crippen LogP contribution >= 0.6 is 0 Å². The lowest BCUT2D eigenvalue weighted by molar-refractivity contribution is 0.308. The molecule has 1 saturated heterocycles. The summed E-state index contributed by atoms with van der Waals surface area (Å²) in [6, 6.07) is 21.0. The van der Waals surface area contributed by atoms with E-state index >= 15 is 0 Å². The minimum absolute atomic E-state index is 0.0251. The van der Waals surface area contributed by atoms with Gasteiger partial charge in [0.1, 0.15) is 11.7 Å². The highest BCUT2D eigenvalue weighted by atomic mass is 16.6. The summed E-state index contributed by atoms with van der Waals surface area (Å²) in [5.74, 6) is 0. The van der Waals surface area contributed by atoms with Crippen molar-refractivity contribution in [3.05, 3.63) is 71.8 Å². The second kappa shape index (κ2) is 4.01. The monoisotopic (exact) mass is 224 g/mol. The standard InChI is InChI=1S/C16H16O/c1-16(12-13-8-4-2-5-9-13)15(17-16)14-10-6-3-7-11-14/h2-11,15H,12H2,1H3. The minimum atomic E-state index is -0.0251. The normalized spacial score (nSPS) is 26.8. The first kappa shape index (κ1) is 10.5. The predicted octanol–water partition coefficient (Wildman–Crippen LogP) is 3.76. The van der Waals surface area contributed by atoms with Crippen molar-refractivity contribution in [3.63, 3.8) is 0 Å². The first-order valence-corrected chi connectivity index (χ1v) is 6.05. The zero-order chi connectivity index (χ0) is 11.7. The van der Waals surface area contributed by atoms with Crippen molar-refractivity contribution < 1.29 is 4.74 Å². The van der Waals surface area contributed by atoms with Gasteiger partial charge in [0.05, 0.1) is 0 Å². The van der Waals surface area contributed by atoms with Crippen molar-refractivity contribution in [1.82, 2.24) is 0 Å². The van der Waals surface area contributed by atoms with Crippen LogP contribution in [0.4, 0.5) is 0 Å². The second-order valence-electron chi connectivity index (χ2n) is 4.88. The van der Waals surface area contributed by atoms with Crippen LogP contribution in [0.25, 0.3) is 0 Å². The van der Waals surface area contributed by atoms with Gasteiger partial charge in [-0.2, -0.15) is 0 Å². The summed E-state index contributed by atoms with van der Waals surface area (Å²) in [4.78, 5) is 0. The number of hydrogen-bond acceptors (Lipinski definition) is 1. The van der Waals surface area contributed by atoms with Crippen LogP contribution in [0.3, 0.4) is 0 Å². The molecule has 1 fully saturated rings. The molecule has 2 aromatic rings. The van der Waals surface area contributed by atoms with Gasteiger partial charge in [-0.25, -0.2) is 0 Å². The highest BCUT2D eigenvalue weighted by Crippen LogP contribution is 2.51. The lowest BCUT2D eigenvalue weighted by Gasteiger charge is -2.06. The average molecular weight is 224 g/mol. The molecular formula is C16H16O. The van der Waals surface area contributed by atoms with Crippen molar-refractivity contribution in [3.8, 4) is 0 Å². The first-order chi connectivity index (χ1) is 8.28. The van der Waals surface area contributed by atoms with E-state index in [9.17, 15) is 0 Å². The van der Waals surface area contributed by atoms with E-state index in [0.717, 1.165) is 6.42 Å². The highest BCUT2D eigenvalue weighted by molar-refractivity contribution is 5.28. The highest BCUT2D eigenvalue weighted by Gasteiger charge is 2.52. The Morgan fingerprint density at radius 1 is 0.941 bits per heavy atom. The van der Waals surface area contributed by atoms with Crippen LogP contribution in [0.5, 0.6) is 0 Å². The fourth-order valence-corrected chi connectivity index (χ4v) is 2.42. The van der Waals surface area contributed by atoms with Gasteiger partial charge in [-0.05, 0) is 18.1 Å². The molecular weight excluding hydrogens is 208 g/mol. The number of hydrogen-bond donors (Lipinski definition) is 0. The lowest BCUT2D eigenvalue weighted by atomic mass is 9.94. The van der Waals surface area contributed by atoms with E-state index in [1.165, 1.54) is 11.1 Å². The molecule has 3 rings (SSSR count). The molecule has 86 valence electrons. The molecule has 1 heterocycles. The van der Waals surface area contributed by atoms with E-state index in [0.29, 0.717) is 0 Å². The number of ether oxygens (including phenoxy) is 1. The summed E-state index contributed by atoms with van der Waals surface area (Å²) in [5.41, 5.74) is 2.60. The molecule has 0 amide bonds. The Bertz CT molecular complexity index is 491. The molecule has 0 saturated carbocycles. The quantitative estimate of drug-likeness (QED) is 0.723. The molecule has 1 aliphatic heterocycles. The third-order valence-corrected chi connectivity index (χ3v) is 3.38. The maximum absolute atomic E-state index is 5.89. The molecule has 17 heavy (non-hydrogen) atoms. The SMILES string of the molecule is CC1(Cc2ccccc2)OC1c1ccccc1. The van der Waals surface area contributed by atoms with E-state index in [1.54, 1.807) is 0 Å². The van der Waals surface area contributed by atoms with Crippen LogP contribution in [0, 0.1) is 0 Å².